The Balaban J connectivity index is 2.52. The summed E-state index contributed by atoms with van der Waals surface area (Å²) in [6, 6.07) is 8.37. The van der Waals surface area contributed by atoms with E-state index in [1.54, 1.807) is 0 Å². The van der Waals surface area contributed by atoms with Crippen LogP contribution >= 0.6 is 15.9 Å². The molecule has 3 heteroatoms. The largest absolute Gasteiger partial charge is 0.353 e. The van der Waals surface area contributed by atoms with Crippen LogP contribution < -0.4 is 5.32 Å². The lowest BCUT2D eigenvalue weighted by Crippen LogP contribution is -2.39. The maximum atomic E-state index is 12.0. The molecule has 0 saturated heterocycles. The first kappa shape index (κ1) is 15.2. The molecule has 0 aliphatic rings. The second-order valence-electron chi connectivity index (χ2n) is 5.06. The monoisotopic (exact) mass is 311 g/mol. The van der Waals surface area contributed by atoms with Crippen LogP contribution in [0.25, 0.3) is 0 Å². The number of rotatable bonds is 6. The van der Waals surface area contributed by atoms with Gasteiger partial charge in [0.05, 0.1) is 6.42 Å². The van der Waals surface area contributed by atoms with Gasteiger partial charge in [-0.1, -0.05) is 59.6 Å². The molecule has 1 amide bonds. The predicted molar refractivity (Wildman–Crippen MR) is 80.1 cm³/mol. The van der Waals surface area contributed by atoms with Gasteiger partial charge in [-0.2, -0.15) is 0 Å². The summed E-state index contributed by atoms with van der Waals surface area (Å²) in [7, 11) is 0. The molecule has 0 saturated carbocycles. The van der Waals surface area contributed by atoms with E-state index in [4.69, 9.17) is 0 Å². The summed E-state index contributed by atoms with van der Waals surface area (Å²) in [5.74, 6) is 0.572. The fourth-order valence-corrected chi connectivity index (χ4v) is 2.33. The molecule has 0 bridgehead atoms. The maximum Gasteiger partial charge on any atom is 0.224 e. The number of alkyl halides is 1. The van der Waals surface area contributed by atoms with E-state index >= 15 is 0 Å². The van der Waals surface area contributed by atoms with Gasteiger partial charge >= 0.3 is 0 Å². The molecule has 1 aromatic rings. The smallest absolute Gasteiger partial charge is 0.224 e. The normalized spacial score (nSPS) is 12.5. The van der Waals surface area contributed by atoms with E-state index in [9.17, 15) is 4.79 Å². The Hall–Kier alpha value is -0.830. The van der Waals surface area contributed by atoms with Gasteiger partial charge in [0.25, 0.3) is 0 Å². The molecule has 2 nitrogen and oxygen atoms in total. The van der Waals surface area contributed by atoms with Crippen LogP contribution in [0.4, 0.5) is 0 Å². The van der Waals surface area contributed by atoms with Gasteiger partial charge < -0.3 is 5.32 Å². The Morgan fingerprint density at radius 1 is 1.28 bits per heavy atom. The standard InChI is InChI=1S/C15H22BrNO/c1-11(2)14(8-9-16)17-15(18)10-13-6-4-12(3)5-7-13/h4-7,11,14H,8-10H2,1-3H3,(H,17,18). The van der Waals surface area contributed by atoms with Gasteiger partial charge in [0, 0.05) is 11.4 Å². The summed E-state index contributed by atoms with van der Waals surface area (Å²) in [5, 5.41) is 4.03. The average Bonchev–Trinajstić information content (AvgIpc) is 2.31. The third-order valence-electron chi connectivity index (χ3n) is 3.06. The summed E-state index contributed by atoms with van der Waals surface area (Å²) in [6.07, 6.45) is 1.43. The van der Waals surface area contributed by atoms with Crippen molar-refractivity contribution in [2.45, 2.75) is 39.7 Å². The molecule has 1 atom stereocenters. The zero-order chi connectivity index (χ0) is 13.5. The van der Waals surface area contributed by atoms with Gasteiger partial charge in [0.15, 0.2) is 0 Å². The summed E-state index contributed by atoms with van der Waals surface area (Å²) in [6.45, 7) is 6.33. The van der Waals surface area contributed by atoms with E-state index in [0.29, 0.717) is 12.3 Å². The Bertz CT molecular complexity index is 373. The van der Waals surface area contributed by atoms with Gasteiger partial charge in [0.1, 0.15) is 0 Å². The van der Waals surface area contributed by atoms with Crippen LogP contribution in [0.3, 0.4) is 0 Å². The van der Waals surface area contributed by atoms with Crippen LogP contribution in [0.1, 0.15) is 31.4 Å². The number of hydrogen-bond acceptors (Lipinski definition) is 1. The Morgan fingerprint density at radius 2 is 1.89 bits per heavy atom. The molecular weight excluding hydrogens is 290 g/mol. The van der Waals surface area contributed by atoms with Crippen LogP contribution in [0, 0.1) is 12.8 Å². The van der Waals surface area contributed by atoms with Gasteiger partial charge in [-0.15, -0.1) is 0 Å². The fraction of sp³-hybridized carbons (Fsp3) is 0.533. The lowest BCUT2D eigenvalue weighted by atomic mass is 10.0. The summed E-state index contributed by atoms with van der Waals surface area (Å²) >= 11 is 3.43. The number of amides is 1. The minimum absolute atomic E-state index is 0.110. The SMILES string of the molecule is Cc1ccc(CC(=O)NC(CCBr)C(C)C)cc1. The zero-order valence-corrected chi connectivity index (χ0v) is 13.0. The second kappa shape index (κ2) is 7.57. The highest BCUT2D eigenvalue weighted by atomic mass is 79.9. The highest BCUT2D eigenvalue weighted by molar-refractivity contribution is 9.09. The Morgan fingerprint density at radius 3 is 2.39 bits per heavy atom. The first-order valence-electron chi connectivity index (χ1n) is 6.43. The Kier molecular flexibility index (Phi) is 6.41. The first-order chi connectivity index (χ1) is 8.52. The van der Waals surface area contributed by atoms with E-state index in [1.165, 1.54) is 5.56 Å². The highest BCUT2D eigenvalue weighted by Crippen LogP contribution is 2.09. The molecule has 18 heavy (non-hydrogen) atoms. The van der Waals surface area contributed by atoms with E-state index in [1.807, 2.05) is 24.3 Å². The predicted octanol–water partition coefficient (Wildman–Crippen LogP) is 3.46. The van der Waals surface area contributed by atoms with Crippen LogP contribution in [-0.2, 0) is 11.2 Å². The Labute approximate surface area is 118 Å². The molecular formula is C15H22BrNO. The lowest BCUT2D eigenvalue weighted by Gasteiger charge is -2.21. The van der Waals surface area contributed by atoms with Crippen molar-refractivity contribution in [3.05, 3.63) is 35.4 Å². The molecule has 0 fully saturated rings. The van der Waals surface area contributed by atoms with E-state index in [0.717, 1.165) is 17.3 Å². The topological polar surface area (TPSA) is 29.1 Å². The zero-order valence-electron chi connectivity index (χ0n) is 11.4. The molecule has 0 spiro atoms. The third kappa shape index (κ3) is 5.21. The van der Waals surface area contributed by atoms with Crippen LogP contribution in [0.5, 0.6) is 0 Å². The number of benzene rings is 1. The number of halogens is 1. The number of nitrogens with one attached hydrogen (secondary N) is 1. The molecule has 0 radical (unpaired) electrons. The molecule has 1 unspecified atom stereocenters. The van der Waals surface area contributed by atoms with E-state index < -0.39 is 0 Å². The van der Waals surface area contributed by atoms with Crippen molar-refractivity contribution >= 4 is 21.8 Å². The van der Waals surface area contributed by atoms with Gasteiger partial charge in [-0.3, -0.25) is 4.79 Å². The maximum absolute atomic E-state index is 12.0. The van der Waals surface area contributed by atoms with Crippen molar-refractivity contribution in [2.24, 2.45) is 5.92 Å². The number of hydrogen-bond donors (Lipinski definition) is 1. The highest BCUT2D eigenvalue weighted by Gasteiger charge is 2.15. The lowest BCUT2D eigenvalue weighted by molar-refractivity contribution is -0.121. The van der Waals surface area contributed by atoms with Crippen molar-refractivity contribution in [1.29, 1.82) is 0 Å². The summed E-state index contributed by atoms with van der Waals surface area (Å²) in [5.41, 5.74) is 2.29. The third-order valence-corrected chi connectivity index (χ3v) is 3.51. The second-order valence-corrected chi connectivity index (χ2v) is 5.85. The molecule has 0 heterocycles. The van der Waals surface area contributed by atoms with Gasteiger partial charge in [-0.25, -0.2) is 0 Å². The van der Waals surface area contributed by atoms with Crippen LogP contribution in [0.2, 0.25) is 0 Å². The molecule has 0 aliphatic heterocycles. The number of carbonyl (C=O) groups excluding carboxylic acids is 1. The van der Waals surface area contributed by atoms with Crippen molar-refractivity contribution in [3.63, 3.8) is 0 Å². The van der Waals surface area contributed by atoms with Crippen molar-refractivity contribution < 1.29 is 4.79 Å². The van der Waals surface area contributed by atoms with Crippen LogP contribution in [0.15, 0.2) is 24.3 Å². The molecule has 0 aliphatic carbocycles. The van der Waals surface area contributed by atoms with E-state index in [-0.39, 0.29) is 11.9 Å². The van der Waals surface area contributed by atoms with Gasteiger partial charge in [0.2, 0.25) is 5.91 Å². The quantitative estimate of drug-likeness (QED) is 0.801. The fourth-order valence-electron chi connectivity index (χ4n) is 1.84. The first-order valence-corrected chi connectivity index (χ1v) is 7.56. The minimum Gasteiger partial charge on any atom is -0.353 e. The van der Waals surface area contributed by atoms with E-state index in [2.05, 4.69) is 42.0 Å². The van der Waals surface area contributed by atoms with Gasteiger partial charge in [-0.05, 0) is 24.8 Å². The number of carbonyl (C=O) groups is 1. The van der Waals surface area contributed by atoms with Crippen molar-refractivity contribution in [1.82, 2.24) is 5.32 Å². The van der Waals surface area contributed by atoms with Crippen molar-refractivity contribution in [3.8, 4) is 0 Å². The molecule has 1 rings (SSSR count). The molecule has 100 valence electrons. The molecule has 1 N–H and O–H groups in total. The summed E-state index contributed by atoms with van der Waals surface area (Å²) < 4.78 is 0. The van der Waals surface area contributed by atoms with Crippen LogP contribution in [-0.4, -0.2) is 17.3 Å². The number of aryl methyl sites for hydroxylation is 1. The average molecular weight is 312 g/mol. The van der Waals surface area contributed by atoms with Crippen molar-refractivity contribution in [2.75, 3.05) is 5.33 Å². The molecule has 0 aromatic heterocycles. The molecule has 1 aromatic carbocycles. The minimum atomic E-state index is 0.110. The summed E-state index contributed by atoms with van der Waals surface area (Å²) in [4.78, 5) is 12.0.